The lowest BCUT2D eigenvalue weighted by Gasteiger charge is -2.44. The summed E-state index contributed by atoms with van der Waals surface area (Å²) in [5.74, 6) is 1.41. The van der Waals surface area contributed by atoms with Gasteiger partial charge in [0.2, 0.25) is 0 Å². The number of carbonyl (C=O) groups is 2. The summed E-state index contributed by atoms with van der Waals surface area (Å²) in [7, 11) is 0. The van der Waals surface area contributed by atoms with Crippen molar-refractivity contribution in [2.45, 2.75) is 180 Å². The van der Waals surface area contributed by atoms with Crippen LogP contribution in [0.5, 0.6) is 17.2 Å². The molecular formula is C73H97Cl3O21. The molecule has 0 unspecified atom stereocenters. The van der Waals surface area contributed by atoms with E-state index in [9.17, 15) is 50.4 Å². The number of ether oxygens (including phenoxy) is 8. The van der Waals surface area contributed by atoms with Crippen LogP contribution in [0.15, 0.2) is 127 Å². The zero-order valence-electron chi connectivity index (χ0n) is 55.1. The average Bonchev–Trinajstić information content (AvgIpc) is 0.790. The van der Waals surface area contributed by atoms with Gasteiger partial charge >= 0.3 is 11.9 Å². The van der Waals surface area contributed by atoms with Crippen molar-refractivity contribution in [3.63, 3.8) is 0 Å². The largest absolute Gasteiger partial charge is 0.494 e. The van der Waals surface area contributed by atoms with Gasteiger partial charge in [0.15, 0.2) is 6.10 Å². The molecular weight excluding hydrogens is 1320 g/mol. The molecule has 6 aromatic carbocycles. The minimum atomic E-state index is -1.42. The topological polar surface area (TPSA) is 342 Å². The van der Waals surface area contributed by atoms with Crippen LogP contribution in [0.2, 0.25) is 15.1 Å². The second kappa shape index (κ2) is 40.9. The predicted molar refractivity (Wildman–Crippen MR) is 368 cm³/mol. The summed E-state index contributed by atoms with van der Waals surface area (Å²) in [6.45, 7) is 14.8. The van der Waals surface area contributed by atoms with Crippen LogP contribution in [-0.4, -0.2) is 181 Å². The van der Waals surface area contributed by atoms with Crippen molar-refractivity contribution >= 4 is 46.7 Å². The normalized spacial score (nSPS) is 25.2. The lowest BCUT2D eigenvalue weighted by Crippen LogP contribution is -2.55. The molecule has 21 nitrogen and oxygen atoms in total. The molecule has 9 rings (SSSR count). The molecule has 3 heterocycles. The first-order valence-corrected chi connectivity index (χ1v) is 32.9. The fourth-order valence-corrected chi connectivity index (χ4v) is 11.8. The third-order valence-corrected chi connectivity index (χ3v) is 17.3. The van der Waals surface area contributed by atoms with Crippen molar-refractivity contribution in [1.82, 2.24) is 0 Å². The molecule has 3 aliphatic heterocycles. The number of hydrogen-bond donors (Lipinski definition) is 10. The van der Waals surface area contributed by atoms with Crippen molar-refractivity contribution in [2.75, 3.05) is 39.6 Å². The molecule has 0 bridgehead atoms. The van der Waals surface area contributed by atoms with Crippen LogP contribution in [0.3, 0.4) is 0 Å². The van der Waals surface area contributed by atoms with E-state index in [0.29, 0.717) is 65.3 Å². The Hall–Kier alpha value is -6.03. The second-order valence-electron chi connectivity index (χ2n) is 23.4. The Morgan fingerprint density at radius 3 is 1.04 bits per heavy atom. The number of aliphatic hydroxyl groups is 10. The van der Waals surface area contributed by atoms with Gasteiger partial charge in [-0.3, -0.25) is 9.59 Å². The number of hydrogen-bond acceptors (Lipinski definition) is 20. The fraction of sp³-hybridized carbons (Fsp3) is 0.479. The van der Waals surface area contributed by atoms with E-state index in [1.54, 1.807) is 24.3 Å². The molecule has 12 N–H and O–H groups in total. The summed E-state index contributed by atoms with van der Waals surface area (Å²) in [6.07, 6.45) is -12.1. The molecule has 0 saturated carbocycles. The maximum absolute atomic E-state index is 12.0. The Bertz CT molecular complexity index is 3170. The van der Waals surface area contributed by atoms with Gasteiger partial charge in [0.25, 0.3) is 0 Å². The molecule has 0 aliphatic carbocycles. The highest BCUT2D eigenvalue weighted by molar-refractivity contribution is 6.32. The van der Waals surface area contributed by atoms with E-state index < -0.39 is 111 Å². The first-order chi connectivity index (χ1) is 45.4. The summed E-state index contributed by atoms with van der Waals surface area (Å²) in [5.41, 5.74) is 7.79. The molecule has 0 aromatic heterocycles. The van der Waals surface area contributed by atoms with Crippen molar-refractivity contribution in [3.8, 4) is 17.2 Å². The molecule has 3 fully saturated rings. The molecule has 3 aliphatic rings. The monoisotopic (exact) mass is 1410 g/mol. The Labute approximate surface area is 583 Å². The van der Waals surface area contributed by atoms with Crippen LogP contribution < -0.4 is 14.2 Å². The van der Waals surface area contributed by atoms with E-state index in [4.69, 9.17) is 82.9 Å². The Morgan fingerprint density at radius 2 is 0.763 bits per heavy atom. The van der Waals surface area contributed by atoms with Gasteiger partial charge in [0.1, 0.15) is 90.5 Å². The minimum absolute atomic E-state index is 0. The highest BCUT2D eigenvalue weighted by atomic mass is 35.5. The highest BCUT2D eigenvalue weighted by Crippen LogP contribution is 2.42. The van der Waals surface area contributed by atoms with E-state index >= 15 is 0 Å². The van der Waals surface area contributed by atoms with Crippen molar-refractivity contribution < 1.29 is 104 Å². The molecule has 0 amide bonds. The zero-order chi connectivity index (χ0) is 69.6. The van der Waals surface area contributed by atoms with Gasteiger partial charge in [0.05, 0.1) is 51.8 Å². The molecule has 536 valence electrons. The van der Waals surface area contributed by atoms with Gasteiger partial charge in [-0.2, -0.15) is 0 Å². The van der Waals surface area contributed by atoms with Crippen molar-refractivity contribution in [1.29, 1.82) is 0 Å². The molecule has 16 atom stereocenters. The lowest BCUT2D eigenvalue weighted by atomic mass is 9.84. The first-order valence-electron chi connectivity index (χ1n) is 31.8. The molecule has 6 aromatic rings. The van der Waals surface area contributed by atoms with Gasteiger partial charge < -0.3 is 94.4 Å². The summed E-state index contributed by atoms with van der Waals surface area (Å²) < 4.78 is 45.4. The molecule has 97 heavy (non-hydrogen) atoms. The van der Waals surface area contributed by atoms with Gasteiger partial charge in [-0.15, -0.1) is 0 Å². The average molecular weight is 1420 g/mol. The number of halogens is 3. The van der Waals surface area contributed by atoms with Crippen LogP contribution in [-0.2, 0) is 52.5 Å². The van der Waals surface area contributed by atoms with E-state index in [-0.39, 0.29) is 31.5 Å². The van der Waals surface area contributed by atoms with Crippen LogP contribution >= 0.6 is 34.8 Å². The van der Waals surface area contributed by atoms with Crippen LogP contribution in [0, 0.1) is 5.92 Å². The minimum Gasteiger partial charge on any atom is -0.494 e. The van der Waals surface area contributed by atoms with Gasteiger partial charge in [-0.25, -0.2) is 0 Å². The van der Waals surface area contributed by atoms with Crippen LogP contribution in [0.4, 0.5) is 0 Å². The second-order valence-corrected chi connectivity index (χ2v) is 24.6. The summed E-state index contributed by atoms with van der Waals surface area (Å²) in [4.78, 5) is 23.8. The molecule has 0 spiro atoms. The third kappa shape index (κ3) is 23.5. The van der Waals surface area contributed by atoms with Crippen molar-refractivity contribution in [2.24, 2.45) is 5.92 Å². The summed E-state index contributed by atoms with van der Waals surface area (Å²) in [6, 6.07) is 39.5. The maximum Gasteiger partial charge on any atom is 0.303 e. The van der Waals surface area contributed by atoms with Crippen molar-refractivity contribution in [3.05, 3.63) is 193 Å². The van der Waals surface area contributed by atoms with Gasteiger partial charge in [0, 0.05) is 34.8 Å². The molecule has 0 radical (unpaired) electrons. The Kier molecular flexibility index (Phi) is 35.2. The van der Waals surface area contributed by atoms with E-state index in [1.807, 2.05) is 138 Å². The van der Waals surface area contributed by atoms with Gasteiger partial charge in [-0.05, 0) is 158 Å². The zero-order valence-corrected chi connectivity index (χ0v) is 57.4. The number of rotatable bonds is 21. The maximum atomic E-state index is 12.0. The lowest BCUT2D eigenvalue weighted by molar-refractivity contribution is -0.231. The summed E-state index contributed by atoms with van der Waals surface area (Å²) >= 11 is 19.2. The smallest absolute Gasteiger partial charge is 0.303 e. The summed E-state index contributed by atoms with van der Waals surface area (Å²) in [5, 5.41) is 97.2. The predicted octanol–water partition coefficient (Wildman–Crippen LogP) is 8.54. The Balaban J connectivity index is 0.000000297. The standard InChI is InChI=1S/C27H33ClO6.2C21H25ClO6.C3H8O2.CH4.H2O/c1-6-24-16(3)25(32-17(4)29)27(33-18(5)30)26(34-24)20-10-13-23(28)21(15-20)14-19-8-11-22(12-9-19)31-7-2;2*1-2-27-15-6-3-12(4-7-15)9-14-10-13(5-8-16(14)22)21-20(26)19(25)18(24)17(11-23)28-21;1-3(5)2-4;;/h8-13,15-16,24-27H,6-7,14H2,1-5H3;2*3-8,10,17-21,23-26H,2,9,11H2,1H3;3-5H,2H2,1H3;1H4;1H2/t16-,24-,25+,26+,27-;2*17-,18-,19+,20-,21+;3-;;/m1110../s1. The number of benzene rings is 6. The third-order valence-electron chi connectivity index (χ3n) is 16.2. The number of carbonyl (C=O) groups excluding carboxylic acids is 2. The number of aliphatic hydroxyl groups excluding tert-OH is 10. The van der Waals surface area contributed by atoms with E-state index in [0.717, 1.165) is 62.6 Å². The quantitative estimate of drug-likeness (QED) is 0.0302. The first kappa shape index (κ1) is 83.4. The molecule has 3 saturated heterocycles. The van der Waals surface area contributed by atoms with Crippen LogP contribution in [0.25, 0.3) is 0 Å². The van der Waals surface area contributed by atoms with Gasteiger partial charge in [-0.1, -0.05) is 129 Å². The SMILES string of the molecule is C.CCOc1ccc(Cc2cc([C@@H]3O[C@H](CC)[C@@H](C)[C@H](OC(C)=O)[C@H]3OC(C)=O)ccc2Cl)cc1.CCOc1ccc(Cc2cc([C@@H]3O[C@H](CO)[C@@H](O)[C@H](O)[C@H]3O)ccc2Cl)cc1.CCOc1ccc(Cc2cc([C@@H]3O[C@H](CO)[C@@H](O)[C@H](O)[C@H]3O)ccc2Cl)cc1.C[C@H](O)CO.O. The number of esters is 2. The Morgan fingerprint density at radius 1 is 0.464 bits per heavy atom. The fourth-order valence-electron chi connectivity index (χ4n) is 11.2. The van der Waals surface area contributed by atoms with Crippen LogP contribution in [0.1, 0.15) is 138 Å². The van der Waals surface area contributed by atoms with E-state index in [1.165, 1.54) is 20.8 Å². The highest BCUT2D eigenvalue weighted by Gasteiger charge is 2.49. The molecule has 24 heteroatoms. The van der Waals surface area contributed by atoms with E-state index in [2.05, 4.69) is 0 Å².